The van der Waals surface area contributed by atoms with Crippen molar-refractivity contribution in [3.05, 3.63) is 48.5 Å². The summed E-state index contributed by atoms with van der Waals surface area (Å²) >= 11 is 0. The van der Waals surface area contributed by atoms with Gasteiger partial charge in [-0.3, -0.25) is 0 Å². The van der Waals surface area contributed by atoms with Gasteiger partial charge in [-0.05, 0) is 30.7 Å². The second kappa shape index (κ2) is 5.75. The maximum atomic E-state index is 4.49. The second-order valence-electron chi connectivity index (χ2n) is 5.82. The molecule has 1 aromatic carbocycles. The van der Waals surface area contributed by atoms with E-state index in [-0.39, 0.29) is 0 Å². The lowest BCUT2D eigenvalue weighted by atomic mass is 9.92. The molecule has 4 rings (SSSR count). The van der Waals surface area contributed by atoms with Gasteiger partial charge in [0.1, 0.15) is 11.8 Å². The molecule has 1 aliphatic rings. The largest absolute Gasteiger partial charge is 0.355 e. The third kappa shape index (κ3) is 2.43. The third-order valence-corrected chi connectivity index (χ3v) is 4.50. The van der Waals surface area contributed by atoms with Crippen LogP contribution in [0.1, 0.15) is 30.7 Å². The highest BCUT2D eigenvalue weighted by molar-refractivity contribution is 5.82. The van der Waals surface area contributed by atoms with Gasteiger partial charge in [-0.15, -0.1) is 0 Å². The van der Waals surface area contributed by atoms with Gasteiger partial charge in [-0.1, -0.05) is 30.3 Å². The van der Waals surface area contributed by atoms with Gasteiger partial charge in [0, 0.05) is 13.1 Å². The SMILES string of the molecule is c1ccc(C2CCCN(c3ncnc4nc[nH]c34)CC2)cc1. The van der Waals surface area contributed by atoms with Crippen molar-refractivity contribution in [1.82, 2.24) is 19.9 Å². The topological polar surface area (TPSA) is 57.7 Å². The van der Waals surface area contributed by atoms with Crippen LogP contribution in [0.25, 0.3) is 11.2 Å². The van der Waals surface area contributed by atoms with E-state index >= 15 is 0 Å². The summed E-state index contributed by atoms with van der Waals surface area (Å²) in [6.07, 6.45) is 6.87. The number of H-pyrrole nitrogens is 1. The van der Waals surface area contributed by atoms with E-state index in [1.807, 2.05) is 0 Å². The predicted octanol–water partition coefficient (Wildman–Crippen LogP) is 3.13. The summed E-state index contributed by atoms with van der Waals surface area (Å²) in [6, 6.07) is 10.9. The van der Waals surface area contributed by atoms with Crippen molar-refractivity contribution in [3.8, 4) is 0 Å². The lowest BCUT2D eigenvalue weighted by molar-refractivity contribution is 0.612. The van der Waals surface area contributed by atoms with Gasteiger partial charge in [0.15, 0.2) is 11.5 Å². The number of anilines is 1. The van der Waals surface area contributed by atoms with E-state index in [0.29, 0.717) is 5.92 Å². The van der Waals surface area contributed by atoms with Gasteiger partial charge >= 0.3 is 0 Å². The molecule has 5 heteroatoms. The van der Waals surface area contributed by atoms with Gasteiger partial charge < -0.3 is 9.88 Å². The van der Waals surface area contributed by atoms with Crippen LogP contribution in [-0.2, 0) is 0 Å². The second-order valence-corrected chi connectivity index (χ2v) is 5.82. The van der Waals surface area contributed by atoms with Crippen molar-refractivity contribution in [3.63, 3.8) is 0 Å². The number of nitrogens with one attached hydrogen (secondary N) is 1. The highest BCUT2D eigenvalue weighted by Crippen LogP contribution is 2.30. The van der Waals surface area contributed by atoms with E-state index < -0.39 is 0 Å². The molecular weight excluding hydrogens is 274 g/mol. The maximum absolute atomic E-state index is 4.49. The van der Waals surface area contributed by atoms with Gasteiger partial charge in [-0.2, -0.15) is 0 Å². The number of rotatable bonds is 2. The summed E-state index contributed by atoms with van der Waals surface area (Å²) in [5, 5.41) is 0. The van der Waals surface area contributed by atoms with Crippen LogP contribution in [0.4, 0.5) is 5.82 Å². The van der Waals surface area contributed by atoms with E-state index in [2.05, 4.69) is 55.2 Å². The quantitative estimate of drug-likeness (QED) is 0.788. The molecule has 1 atom stereocenters. The molecule has 0 amide bonds. The van der Waals surface area contributed by atoms with Crippen LogP contribution in [0.2, 0.25) is 0 Å². The molecule has 0 bridgehead atoms. The van der Waals surface area contributed by atoms with Crippen LogP contribution in [0.5, 0.6) is 0 Å². The fraction of sp³-hybridized carbons (Fsp3) is 0.353. The average Bonchev–Trinajstić information content (AvgIpc) is 2.92. The molecule has 112 valence electrons. The molecule has 0 radical (unpaired) electrons. The number of aromatic nitrogens is 4. The van der Waals surface area contributed by atoms with Crippen molar-refractivity contribution in [2.24, 2.45) is 0 Å². The minimum Gasteiger partial charge on any atom is -0.355 e. The molecule has 1 unspecified atom stereocenters. The molecular formula is C17H19N5. The van der Waals surface area contributed by atoms with E-state index in [1.54, 1.807) is 12.7 Å². The molecule has 0 aliphatic carbocycles. The van der Waals surface area contributed by atoms with Gasteiger partial charge in [-0.25, -0.2) is 15.0 Å². The zero-order valence-electron chi connectivity index (χ0n) is 12.4. The Kier molecular flexibility index (Phi) is 3.46. The minimum atomic E-state index is 0.644. The van der Waals surface area contributed by atoms with E-state index in [9.17, 15) is 0 Å². The predicted molar refractivity (Wildman–Crippen MR) is 86.9 cm³/mol. The lowest BCUT2D eigenvalue weighted by Gasteiger charge is -2.21. The average molecular weight is 293 g/mol. The summed E-state index contributed by atoms with van der Waals surface area (Å²) in [4.78, 5) is 18.5. The van der Waals surface area contributed by atoms with Gasteiger partial charge in [0.05, 0.1) is 6.33 Å². The lowest BCUT2D eigenvalue weighted by Crippen LogP contribution is -2.25. The van der Waals surface area contributed by atoms with Crippen LogP contribution in [0.3, 0.4) is 0 Å². The Hall–Kier alpha value is -2.43. The molecule has 1 saturated heterocycles. The van der Waals surface area contributed by atoms with E-state index in [0.717, 1.165) is 36.5 Å². The highest BCUT2D eigenvalue weighted by Gasteiger charge is 2.21. The van der Waals surface area contributed by atoms with Crippen molar-refractivity contribution < 1.29 is 0 Å². The molecule has 1 N–H and O–H groups in total. The molecule has 0 spiro atoms. The van der Waals surface area contributed by atoms with Crippen LogP contribution < -0.4 is 4.90 Å². The summed E-state index contributed by atoms with van der Waals surface area (Å²) in [7, 11) is 0. The van der Waals surface area contributed by atoms with Crippen LogP contribution in [-0.4, -0.2) is 33.0 Å². The molecule has 5 nitrogen and oxygen atoms in total. The monoisotopic (exact) mass is 293 g/mol. The normalized spacial score (nSPS) is 19.3. The zero-order chi connectivity index (χ0) is 14.8. The fourth-order valence-electron chi connectivity index (χ4n) is 3.36. The molecule has 1 aliphatic heterocycles. The molecule has 3 heterocycles. The van der Waals surface area contributed by atoms with Crippen LogP contribution >= 0.6 is 0 Å². The summed E-state index contributed by atoms with van der Waals surface area (Å²) < 4.78 is 0. The third-order valence-electron chi connectivity index (χ3n) is 4.50. The first-order valence-corrected chi connectivity index (χ1v) is 7.86. The van der Waals surface area contributed by atoms with Crippen LogP contribution in [0.15, 0.2) is 43.0 Å². The Morgan fingerprint density at radius 2 is 1.91 bits per heavy atom. The van der Waals surface area contributed by atoms with Crippen molar-refractivity contribution >= 4 is 17.0 Å². The van der Waals surface area contributed by atoms with Crippen molar-refractivity contribution in [2.75, 3.05) is 18.0 Å². The molecule has 3 aromatic rings. The highest BCUT2D eigenvalue weighted by atomic mass is 15.2. The van der Waals surface area contributed by atoms with Crippen molar-refractivity contribution in [1.29, 1.82) is 0 Å². The summed E-state index contributed by atoms with van der Waals surface area (Å²) in [5.74, 6) is 1.63. The Morgan fingerprint density at radius 3 is 2.82 bits per heavy atom. The fourth-order valence-corrected chi connectivity index (χ4v) is 3.36. The number of fused-ring (bicyclic) bond motifs is 1. The zero-order valence-corrected chi connectivity index (χ0v) is 12.4. The number of hydrogen-bond donors (Lipinski definition) is 1. The number of imidazole rings is 1. The number of aromatic amines is 1. The van der Waals surface area contributed by atoms with E-state index in [1.165, 1.54) is 18.4 Å². The molecule has 2 aromatic heterocycles. The number of nitrogens with zero attached hydrogens (tertiary/aromatic N) is 4. The Morgan fingerprint density at radius 1 is 1.00 bits per heavy atom. The molecule has 22 heavy (non-hydrogen) atoms. The molecule has 1 fully saturated rings. The first-order chi connectivity index (χ1) is 10.9. The van der Waals surface area contributed by atoms with E-state index in [4.69, 9.17) is 0 Å². The van der Waals surface area contributed by atoms with Crippen LogP contribution in [0, 0.1) is 0 Å². The summed E-state index contributed by atoms with van der Waals surface area (Å²) in [6.45, 7) is 2.05. The van der Waals surface area contributed by atoms with Crippen molar-refractivity contribution in [2.45, 2.75) is 25.2 Å². The smallest absolute Gasteiger partial charge is 0.182 e. The Labute approximate surface area is 129 Å². The minimum absolute atomic E-state index is 0.644. The molecule has 0 saturated carbocycles. The number of benzene rings is 1. The first kappa shape index (κ1) is 13.2. The number of hydrogen-bond acceptors (Lipinski definition) is 4. The van der Waals surface area contributed by atoms with Gasteiger partial charge in [0.25, 0.3) is 0 Å². The standard InChI is InChI=1S/C17H19N5/c1-2-5-13(6-3-1)14-7-4-9-22(10-8-14)17-15-16(19-11-18-15)20-12-21-17/h1-3,5-6,11-12,14H,4,7-10H2,(H,18,19,20,21). The Balaban J connectivity index is 1.57. The summed E-state index contributed by atoms with van der Waals surface area (Å²) in [5.41, 5.74) is 3.15. The maximum Gasteiger partial charge on any atom is 0.182 e. The first-order valence-electron chi connectivity index (χ1n) is 7.86. The Bertz CT molecular complexity index is 752. The van der Waals surface area contributed by atoms with Gasteiger partial charge in [0.2, 0.25) is 0 Å².